The first-order valence-electron chi connectivity index (χ1n) is 6.36. The van der Waals surface area contributed by atoms with Crippen LogP contribution in [-0.4, -0.2) is 24.9 Å². The molecule has 0 saturated carbocycles. The molecular formula is C15H17NO4S. The fourth-order valence-electron chi connectivity index (χ4n) is 2.12. The Morgan fingerprint density at radius 3 is 2.19 bits per heavy atom. The van der Waals surface area contributed by atoms with Crippen LogP contribution >= 0.6 is 0 Å². The van der Waals surface area contributed by atoms with Gasteiger partial charge in [-0.15, -0.1) is 0 Å². The maximum atomic E-state index is 11.5. The van der Waals surface area contributed by atoms with E-state index in [4.69, 9.17) is 0 Å². The number of hydrogen-bond acceptors (Lipinski definition) is 5. The molecule has 1 atom stereocenters. The summed E-state index contributed by atoms with van der Waals surface area (Å²) in [6, 6.07) is 10.5. The van der Waals surface area contributed by atoms with Gasteiger partial charge in [0.05, 0.1) is 16.5 Å². The summed E-state index contributed by atoms with van der Waals surface area (Å²) in [4.78, 5) is 0.209. The molecule has 2 rings (SSSR count). The van der Waals surface area contributed by atoms with Crippen LogP contribution in [-0.2, 0) is 9.84 Å². The lowest BCUT2D eigenvalue weighted by Crippen LogP contribution is -2.08. The van der Waals surface area contributed by atoms with Gasteiger partial charge in [-0.2, -0.15) is 0 Å². The standard InChI is InChI=1S/C15H17NO4S/c1-10(15-13(17)7-4-8-14(15)18)16-11-5-3-6-12(9-11)21(2,19)20/h3-10,16-18H,1-2H3. The molecule has 1 unspecified atom stereocenters. The summed E-state index contributed by atoms with van der Waals surface area (Å²) in [5.41, 5.74) is 0.954. The highest BCUT2D eigenvalue weighted by Crippen LogP contribution is 2.34. The summed E-state index contributed by atoms with van der Waals surface area (Å²) in [6.45, 7) is 1.77. The van der Waals surface area contributed by atoms with Crippen molar-refractivity contribution in [2.75, 3.05) is 11.6 Å². The number of phenolic OH excluding ortho intramolecular Hbond substituents is 2. The van der Waals surface area contributed by atoms with E-state index in [1.54, 1.807) is 25.1 Å². The van der Waals surface area contributed by atoms with E-state index in [1.807, 2.05) is 0 Å². The van der Waals surface area contributed by atoms with E-state index in [0.29, 0.717) is 11.3 Å². The van der Waals surface area contributed by atoms with Gasteiger partial charge in [-0.25, -0.2) is 8.42 Å². The Hall–Kier alpha value is -2.21. The fourth-order valence-corrected chi connectivity index (χ4v) is 2.79. The maximum absolute atomic E-state index is 11.5. The molecule has 0 aliphatic carbocycles. The third-order valence-electron chi connectivity index (χ3n) is 3.14. The number of rotatable bonds is 4. The van der Waals surface area contributed by atoms with E-state index in [9.17, 15) is 18.6 Å². The summed E-state index contributed by atoms with van der Waals surface area (Å²) in [5.74, 6) is -0.0384. The van der Waals surface area contributed by atoms with Crippen molar-refractivity contribution in [2.24, 2.45) is 0 Å². The first kappa shape index (κ1) is 15.2. The zero-order chi connectivity index (χ0) is 15.6. The summed E-state index contributed by atoms with van der Waals surface area (Å²) >= 11 is 0. The minimum Gasteiger partial charge on any atom is -0.507 e. The minimum absolute atomic E-state index is 0.0192. The molecule has 0 heterocycles. The average molecular weight is 307 g/mol. The number of hydrogen-bond donors (Lipinski definition) is 3. The van der Waals surface area contributed by atoms with Crippen LogP contribution in [0.2, 0.25) is 0 Å². The van der Waals surface area contributed by atoms with Gasteiger partial charge < -0.3 is 15.5 Å². The van der Waals surface area contributed by atoms with Crippen molar-refractivity contribution < 1.29 is 18.6 Å². The fraction of sp³-hybridized carbons (Fsp3) is 0.200. The first-order valence-corrected chi connectivity index (χ1v) is 8.25. The van der Waals surface area contributed by atoms with Crippen molar-refractivity contribution in [3.05, 3.63) is 48.0 Å². The molecule has 112 valence electrons. The number of nitrogens with one attached hydrogen (secondary N) is 1. The minimum atomic E-state index is -3.28. The molecule has 0 spiro atoms. The number of sulfone groups is 1. The van der Waals surface area contributed by atoms with Crippen LogP contribution < -0.4 is 5.32 Å². The quantitative estimate of drug-likeness (QED) is 0.808. The Bertz CT molecular complexity index is 736. The van der Waals surface area contributed by atoms with Crippen molar-refractivity contribution in [1.29, 1.82) is 0 Å². The van der Waals surface area contributed by atoms with E-state index in [-0.39, 0.29) is 22.4 Å². The molecule has 6 heteroatoms. The zero-order valence-corrected chi connectivity index (χ0v) is 12.6. The van der Waals surface area contributed by atoms with Crippen molar-refractivity contribution in [3.8, 4) is 11.5 Å². The molecule has 0 aliphatic rings. The van der Waals surface area contributed by atoms with E-state index in [0.717, 1.165) is 6.26 Å². The van der Waals surface area contributed by atoms with Crippen LogP contribution in [0.3, 0.4) is 0 Å². The molecule has 2 aromatic carbocycles. The number of benzene rings is 2. The van der Waals surface area contributed by atoms with Crippen molar-refractivity contribution in [3.63, 3.8) is 0 Å². The Labute approximate surface area is 123 Å². The van der Waals surface area contributed by atoms with Crippen LogP contribution in [0.1, 0.15) is 18.5 Å². The monoisotopic (exact) mass is 307 g/mol. The van der Waals surface area contributed by atoms with Gasteiger partial charge >= 0.3 is 0 Å². The molecule has 3 N–H and O–H groups in total. The van der Waals surface area contributed by atoms with Crippen molar-refractivity contribution >= 4 is 15.5 Å². The highest BCUT2D eigenvalue weighted by molar-refractivity contribution is 7.90. The van der Waals surface area contributed by atoms with E-state index < -0.39 is 9.84 Å². The van der Waals surface area contributed by atoms with Gasteiger partial charge in [0.2, 0.25) is 0 Å². The second-order valence-electron chi connectivity index (χ2n) is 4.88. The Kier molecular flexibility index (Phi) is 4.09. The van der Waals surface area contributed by atoms with Gasteiger partial charge in [0, 0.05) is 11.9 Å². The predicted molar refractivity (Wildman–Crippen MR) is 81.4 cm³/mol. The average Bonchev–Trinajstić information content (AvgIpc) is 2.37. The molecule has 5 nitrogen and oxygen atoms in total. The molecule has 0 bridgehead atoms. The van der Waals surface area contributed by atoms with Crippen LogP contribution in [0, 0.1) is 0 Å². The number of anilines is 1. The van der Waals surface area contributed by atoms with Crippen LogP contribution in [0.4, 0.5) is 5.69 Å². The molecule has 0 radical (unpaired) electrons. The second-order valence-corrected chi connectivity index (χ2v) is 6.89. The first-order chi connectivity index (χ1) is 9.79. The zero-order valence-electron chi connectivity index (χ0n) is 11.7. The normalized spacial score (nSPS) is 12.9. The lowest BCUT2D eigenvalue weighted by Gasteiger charge is -2.18. The molecule has 2 aromatic rings. The smallest absolute Gasteiger partial charge is 0.175 e. The Morgan fingerprint density at radius 1 is 1.05 bits per heavy atom. The Balaban J connectivity index is 2.30. The summed E-state index contributed by atoms with van der Waals surface area (Å²) in [7, 11) is -3.28. The van der Waals surface area contributed by atoms with Gasteiger partial charge in [0.15, 0.2) is 9.84 Å². The van der Waals surface area contributed by atoms with Crippen LogP contribution in [0.5, 0.6) is 11.5 Å². The van der Waals surface area contributed by atoms with Gasteiger partial charge in [0.1, 0.15) is 11.5 Å². The summed E-state index contributed by atoms with van der Waals surface area (Å²) in [5, 5.41) is 22.7. The topological polar surface area (TPSA) is 86.6 Å². The molecule has 0 aromatic heterocycles. The van der Waals surface area contributed by atoms with Gasteiger partial charge in [-0.1, -0.05) is 12.1 Å². The van der Waals surface area contributed by atoms with Crippen LogP contribution in [0.25, 0.3) is 0 Å². The van der Waals surface area contributed by atoms with E-state index >= 15 is 0 Å². The van der Waals surface area contributed by atoms with Crippen molar-refractivity contribution in [1.82, 2.24) is 0 Å². The maximum Gasteiger partial charge on any atom is 0.175 e. The highest BCUT2D eigenvalue weighted by Gasteiger charge is 2.15. The third kappa shape index (κ3) is 3.46. The lowest BCUT2D eigenvalue weighted by atomic mass is 10.1. The molecule has 0 saturated heterocycles. The SMILES string of the molecule is CC(Nc1cccc(S(C)(=O)=O)c1)c1c(O)cccc1O. The van der Waals surface area contributed by atoms with Gasteiger partial charge in [-0.3, -0.25) is 0 Å². The molecule has 0 aliphatic heterocycles. The molecule has 21 heavy (non-hydrogen) atoms. The van der Waals surface area contributed by atoms with Gasteiger partial charge in [0.25, 0.3) is 0 Å². The van der Waals surface area contributed by atoms with Crippen molar-refractivity contribution in [2.45, 2.75) is 17.9 Å². The van der Waals surface area contributed by atoms with E-state index in [2.05, 4.69) is 5.32 Å². The van der Waals surface area contributed by atoms with E-state index in [1.165, 1.54) is 24.3 Å². The highest BCUT2D eigenvalue weighted by atomic mass is 32.2. The summed E-state index contributed by atoms with van der Waals surface area (Å²) < 4.78 is 23.1. The predicted octanol–water partition coefficient (Wildman–Crippen LogP) is 2.67. The second kappa shape index (κ2) is 5.65. The molecule has 0 fully saturated rings. The lowest BCUT2D eigenvalue weighted by molar-refractivity contribution is 0.434. The number of aromatic hydroxyl groups is 2. The van der Waals surface area contributed by atoms with Gasteiger partial charge in [-0.05, 0) is 37.3 Å². The molecule has 0 amide bonds. The largest absolute Gasteiger partial charge is 0.507 e. The van der Waals surface area contributed by atoms with Crippen LogP contribution in [0.15, 0.2) is 47.4 Å². The summed E-state index contributed by atoms with van der Waals surface area (Å²) in [6.07, 6.45) is 1.14. The number of phenols is 2. The Morgan fingerprint density at radius 2 is 1.62 bits per heavy atom. The third-order valence-corrected chi connectivity index (χ3v) is 4.25. The molecular weight excluding hydrogens is 290 g/mol.